The minimum Gasteiger partial charge on any atom is -0.287 e. The van der Waals surface area contributed by atoms with Gasteiger partial charge >= 0.3 is 0 Å². The van der Waals surface area contributed by atoms with E-state index in [2.05, 4.69) is 11.9 Å². The van der Waals surface area contributed by atoms with Gasteiger partial charge in [-0.25, -0.2) is 13.4 Å². The van der Waals surface area contributed by atoms with Crippen LogP contribution in [0.15, 0.2) is 28.2 Å². The Hall–Kier alpha value is -1.05. The van der Waals surface area contributed by atoms with E-state index in [0.717, 1.165) is 19.3 Å². The highest BCUT2D eigenvalue weighted by atomic mass is 35.5. The molecule has 0 spiro atoms. The molecule has 0 saturated heterocycles. The van der Waals surface area contributed by atoms with Gasteiger partial charge in [-0.05, 0) is 24.6 Å². The standard InChI is InChI=1S/C16H21ClN2O3S2/c1-3-4-5-8-19-15(20)13-7-6-12(17)11-14(13)18-16(19)23-9-10-24(2,21)22/h6-7,11H,3-5,8-10H2,1-2H3. The molecule has 0 amide bonds. The predicted molar refractivity (Wildman–Crippen MR) is 101 cm³/mol. The number of halogens is 1. The highest BCUT2D eigenvalue weighted by Gasteiger charge is 2.13. The third-order valence-corrected chi connectivity index (χ3v) is 5.97. The molecule has 1 aromatic carbocycles. The van der Waals surface area contributed by atoms with E-state index in [0.29, 0.717) is 33.4 Å². The molecule has 0 aliphatic carbocycles. The Bertz CT molecular complexity index is 879. The fourth-order valence-electron chi connectivity index (χ4n) is 2.29. The van der Waals surface area contributed by atoms with Gasteiger partial charge in [-0.3, -0.25) is 9.36 Å². The summed E-state index contributed by atoms with van der Waals surface area (Å²) in [5.74, 6) is 0.418. The van der Waals surface area contributed by atoms with Crippen molar-refractivity contribution in [2.24, 2.45) is 0 Å². The van der Waals surface area contributed by atoms with Gasteiger partial charge in [-0.2, -0.15) is 0 Å². The van der Waals surface area contributed by atoms with E-state index < -0.39 is 9.84 Å². The van der Waals surface area contributed by atoms with Crippen LogP contribution in [0.2, 0.25) is 5.02 Å². The van der Waals surface area contributed by atoms with Crippen LogP contribution in [-0.4, -0.2) is 35.7 Å². The molecule has 5 nitrogen and oxygen atoms in total. The van der Waals surface area contributed by atoms with Crippen molar-refractivity contribution >= 4 is 44.1 Å². The molecule has 1 aromatic heterocycles. The predicted octanol–water partition coefficient (Wildman–Crippen LogP) is 3.38. The maximum absolute atomic E-state index is 12.8. The van der Waals surface area contributed by atoms with Crippen molar-refractivity contribution in [3.8, 4) is 0 Å². The molecule has 0 N–H and O–H groups in total. The van der Waals surface area contributed by atoms with Crippen LogP contribution < -0.4 is 5.56 Å². The molecule has 24 heavy (non-hydrogen) atoms. The number of thioether (sulfide) groups is 1. The first-order valence-corrected chi connectivity index (χ1v) is 11.2. The van der Waals surface area contributed by atoms with Crippen LogP contribution in [0.25, 0.3) is 10.9 Å². The summed E-state index contributed by atoms with van der Waals surface area (Å²) in [4.78, 5) is 17.3. The number of rotatable bonds is 8. The number of benzene rings is 1. The maximum Gasteiger partial charge on any atom is 0.262 e. The second-order valence-electron chi connectivity index (χ2n) is 5.70. The number of aromatic nitrogens is 2. The fraction of sp³-hybridized carbons (Fsp3) is 0.500. The van der Waals surface area contributed by atoms with Crippen molar-refractivity contribution in [3.63, 3.8) is 0 Å². The second-order valence-corrected chi connectivity index (χ2v) is 9.46. The topological polar surface area (TPSA) is 69.0 Å². The van der Waals surface area contributed by atoms with E-state index in [-0.39, 0.29) is 11.3 Å². The van der Waals surface area contributed by atoms with E-state index in [4.69, 9.17) is 11.6 Å². The van der Waals surface area contributed by atoms with E-state index in [9.17, 15) is 13.2 Å². The molecular weight excluding hydrogens is 368 g/mol. The Balaban J connectivity index is 2.40. The van der Waals surface area contributed by atoms with Crippen molar-refractivity contribution in [1.29, 1.82) is 0 Å². The molecule has 0 radical (unpaired) electrons. The van der Waals surface area contributed by atoms with Gasteiger partial charge in [0.2, 0.25) is 0 Å². The summed E-state index contributed by atoms with van der Waals surface area (Å²) in [6, 6.07) is 5.03. The lowest BCUT2D eigenvalue weighted by atomic mass is 10.2. The summed E-state index contributed by atoms with van der Waals surface area (Å²) in [6.45, 7) is 2.69. The summed E-state index contributed by atoms with van der Waals surface area (Å²) in [5.41, 5.74) is 0.440. The number of hydrogen-bond donors (Lipinski definition) is 0. The summed E-state index contributed by atoms with van der Waals surface area (Å²) < 4.78 is 24.3. The Kier molecular flexibility index (Phi) is 6.71. The first-order chi connectivity index (χ1) is 11.3. The van der Waals surface area contributed by atoms with Gasteiger partial charge in [0.1, 0.15) is 9.84 Å². The molecular formula is C16H21ClN2O3S2. The van der Waals surface area contributed by atoms with Gasteiger partial charge in [-0.15, -0.1) is 0 Å². The monoisotopic (exact) mass is 388 g/mol. The lowest BCUT2D eigenvalue weighted by Gasteiger charge is -2.13. The molecule has 8 heteroatoms. The molecule has 132 valence electrons. The van der Waals surface area contributed by atoms with Gasteiger partial charge in [0, 0.05) is 23.6 Å². The number of sulfone groups is 1. The van der Waals surface area contributed by atoms with E-state index >= 15 is 0 Å². The summed E-state index contributed by atoms with van der Waals surface area (Å²) in [5, 5.41) is 1.60. The quantitative estimate of drug-likeness (QED) is 0.394. The largest absolute Gasteiger partial charge is 0.287 e. The zero-order chi connectivity index (χ0) is 17.7. The van der Waals surface area contributed by atoms with Crippen LogP contribution in [0.5, 0.6) is 0 Å². The summed E-state index contributed by atoms with van der Waals surface area (Å²) in [7, 11) is -3.04. The molecule has 0 aliphatic rings. The Morgan fingerprint density at radius 3 is 2.71 bits per heavy atom. The normalized spacial score (nSPS) is 12.0. The van der Waals surface area contributed by atoms with Crippen LogP contribution >= 0.6 is 23.4 Å². The van der Waals surface area contributed by atoms with Crippen LogP contribution in [0.3, 0.4) is 0 Å². The molecule has 0 atom stereocenters. The van der Waals surface area contributed by atoms with Crippen molar-refractivity contribution < 1.29 is 8.42 Å². The molecule has 0 aliphatic heterocycles. The first-order valence-electron chi connectivity index (χ1n) is 7.82. The molecule has 2 rings (SSSR count). The lowest BCUT2D eigenvalue weighted by molar-refractivity contribution is 0.541. The third-order valence-electron chi connectivity index (χ3n) is 3.55. The zero-order valence-corrected chi connectivity index (χ0v) is 16.2. The van der Waals surface area contributed by atoms with E-state index in [1.165, 1.54) is 18.0 Å². The molecule has 2 aromatic rings. The van der Waals surface area contributed by atoms with Gasteiger partial charge in [-0.1, -0.05) is 43.1 Å². The fourth-order valence-corrected chi connectivity index (χ4v) is 4.67. The molecule has 0 saturated carbocycles. The number of fused-ring (bicyclic) bond motifs is 1. The highest BCUT2D eigenvalue weighted by Crippen LogP contribution is 2.21. The van der Waals surface area contributed by atoms with Gasteiger partial charge in [0.25, 0.3) is 5.56 Å². The minimum absolute atomic E-state index is 0.0517. The van der Waals surface area contributed by atoms with E-state index in [1.54, 1.807) is 22.8 Å². The average molecular weight is 389 g/mol. The van der Waals surface area contributed by atoms with E-state index in [1.807, 2.05) is 0 Å². The molecule has 0 unspecified atom stereocenters. The average Bonchev–Trinajstić information content (AvgIpc) is 2.48. The summed E-state index contributed by atoms with van der Waals surface area (Å²) in [6.07, 6.45) is 4.17. The van der Waals surface area contributed by atoms with Gasteiger partial charge < -0.3 is 0 Å². The molecule has 0 fully saturated rings. The van der Waals surface area contributed by atoms with Crippen LogP contribution in [-0.2, 0) is 16.4 Å². The Morgan fingerprint density at radius 2 is 2.04 bits per heavy atom. The highest BCUT2D eigenvalue weighted by molar-refractivity contribution is 8.00. The smallest absolute Gasteiger partial charge is 0.262 e. The maximum atomic E-state index is 12.8. The Labute approximate surface area is 151 Å². The van der Waals surface area contributed by atoms with Gasteiger partial charge in [0.05, 0.1) is 16.7 Å². The lowest BCUT2D eigenvalue weighted by Crippen LogP contribution is -2.24. The van der Waals surface area contributed by atoms with Crippen LogP contribution in [0.1, 0.15) is 26.2 Å². The van der Waals surface area contributed by atoms with Crippen molar-refractivity contribution in [1.82, 2.24) is 9.55 Å². The minimum atomic E-state index is -3.04. The third kappa shape index (κ3) is 5.22. The van der Waals surface area contributed by atoms with Gasteiger partial charge in [0.15, 0.2) is 5.16 Å². The second kappa shape index (κ2) is 8.36. The Morgan fingerprint density at radius 1 is 1.29 bits per heavy atom. The summed E-state index contributed by atoms with van der Waals surface area (Å²) >= 11 is 7.29. The van der Waals surface area contributed by atoms with Crippen molar-refractivity contribution in [3.05, 3.63) is 33.6 Å². The number of unbranched alkanes of at least 4 members (excludes halogenated alkanes) is 2. The van der Waals surface area contributed by atoms with Crippen molar-refractivity contribution in [2.45, 2.75) is 37.9 Å². The molecule has 1 heterocycles. The number of hydrogen-bond acceptors (Lipinski definition) is 5. The van der Waals surface area contributed by atoms with Crippen LogP contribution in [0.4, 0.5) is 0 Å². The SMILES string of the molecule is CCCCCn1c(SCCS(C)(=O)=O)nc2cc(Cl)ccc2c1=O. The molecule has 0 bridgehead atoms. The van der Waals surface area contributed by atoms with Crippen LogP contribution in [0, 0.1) is 0 Å². The first kappa shape index (κ1) is 19.3. The number of nitrogens with zero attached hydrogens (tertiary/aromatic N) is 2. The van der Waals surface area contributed by atoms with Crippen molar-refractivity contribution in [2.75, 3.05) is 17.8 Å². The zero-order valence-electron chi connectivity index (χ0n) is 13.8.